The fraction of sp³-hybridized carbons (Fsp3) is 0.455. The van der Waals surface area contributed by atoms with Gasteiger partial charge in [-0.05, 0) is 57.9 Å². The molecule has 30 heavy (non-hydrogen) atoms. The summed E-state index contributed by atoms with van der Waals surface area (Å²) in [5, 5.41) is 0.551. The standard InChI is InChI=1S/C22H26Cl2O6/c1-4-27-19(25)7-5-6-15(2)8-13-18(22(3)14-28-22)30-21(26)20(24)29-17-11-9-16(23)10-12-17/h5-7,9-12,18,20H,4,8,13-14H2,1-3H3. The van der Waals surface area contributed by atoms with Crippen LogP contribution in [0, 0.1) is 0 Å². The molecule has 164 valence electrons. The van der Waals surface area contributed by atoms with Crippen LogP contribution in [0.3, 0.4) is 0 Å². The van der Waals surface area contributed by atoms with Crippen molar-refractivity contribution in [1.29, 1.82) is 0 Å². The Hall–Kier alpha value is -2.02. The number of halogens is 2. The lowest BCUT2D eigenvalue weighted by Crippen LogP contribution is -2.36. The highest BCUT2D eigenvalue weighted by atomic mass is 35.5. The molecule has 0 aliphatic carbocycles. The van der Waals surface area contributed by atoms with Crippen molar-refractivity contribution < 1.29 is 28.5 Å². The van der Waals surface area contributed by atoms with Crippen molar-refractivity contribution in [1.82, 2.24) is 0 Å². The van der Waals surface area contributed by atoms with Gasteiger partial charge in [-0.25, -0.2) is 9.59 Å². The van der Waals surface area contributed by atoms with Gasteiger partial charge in [-0.3, -0.25) is 0 Å². The topological polar surface area (TPSA) is 74.4 Å². The van der Waals surface area contributed by atoms with Crippen LogP contribution in [-0.4, -0.2) is 42.4 Å². The minimum atomic E-state index is -1.29. The highest BCUT2D eigenvalue weighted by Crippen LogP contribution is 2.35. The van der Waals surface area contributed by atoms with Crippen molar-refractivity contribution in [3.05, 3.63) is 53.1 Å². The third-order valence-corrected chi connectivity index (χ3v) is 5.00. The van der Waals surface area contributed by atoms with Gasteiger partial charge in [-0.2, -0.15) is 0 Å². The molecule has 1 aliphatic heterocycles. The summed E-state index contributed by atoms with van der Waals surface area (Å²) in [5.74, 6) is -0.660. The number of alkyl halides is 1. The lowest BCUT2D eigenvalue weighted by atomic mass is 9.98. The molecule has 3 atom stereocenters. The Morgan fingerprint density at radius 2 is 1.97 bits per heavy atom. The third-order valence-electron chi connectivity index (χ3n) is 4.48. The van der Waals surface area contributed by atoms with Gasteiger partial charge < -0.3 is 18.9 Å². The molecular weight excluding hydrogens is 431 g/mol. The molecular formula is C22H26Cl2O6. The molecule has 0 N–H and O–H groups in total. The van der Waals surface area contributed by atoms with Crippen LogP contribution in [0.5, 0.6) is 5.75 Å². The van der Waals surface area contributed by atoms with Gasteiger partial charge >= 0.3 is 11.9 Å². The summed E-state index contributed by atoms with van der Waals surface area (Å²) in [6.45, 7) is 6.40. The van der Waals surface area contributed by atoms with Crippen molar-refractivity contribution in [2.75, 3.05) is 13.2 Å². The number of esters is 2. The summed E-state index contributed by atoms with van der Waals surface area (Å²) < 4.78 is 21.3. The van der Waals surface area contributed by atoms with E-state index in [-0.39, 0.29) is 5.97 Å². The lowest BCUT2D eigenvalue weighted by Gasteiger charge is -2.23. The van der Waals surface area contributed by atoms with E-state index in [1.54, 1.807) is 37.3 Å². The Kier molecular flexibility index (Phi) is 9.21. The fourth-order valence-corrected chi connectivity index (χ4v) is 2.87. The van der Waals surface area contributed by atoms with Crippen molar-refractivity contribution >= 4 is 35.1 Å². The highest BCUT2D eigenvalue weighted by Gasteiger charge is 2.49. The van der Waals surface area contributed by atoms with Gasteiger partial charge in [0.05, 0.1) is 13.2 Å². The van der Waals surface area contributed by atoms with E-state index in [9.17, 15) is 9.59 Å². The average Bonchev–Trinajstić information content (AvgIpc) is 3.45. The van der Waals surface area contributed by atoms with Crippen LogP contribution < -0.4 is 4.74 Å². The number of epoxide rings is 1. The molecule has 2 rings (SSSR count). The second kappa shape index (κ2) is 11.4. The van der Waals surface area contributed by atoms with Crippen LogP contribution in [-0.2, 0) is 23.8 Å². The number of hydrogen-bond donors (Lipinski definition) is 0. The molecule has 1 saturated heterocycles. The maximum absolute atomic E-state index is 12.4. The van der Waals surface area contributed by atoms with Crippen LogP contribution in [0.2, 0.25) is 5.02 Å². The van der Waals surface area contributed by atoms with Gasteiger partial charge in [-0.15, -0.1) is 0 Å². The first kappa shape index (κ1) is 24.3. The molecule has 0 saturated carbocycles. The molecule has 8 heteroatoms. The largest absolute Gasteiger partial charge is 0.463 e. The fourth-order valence-electron chi connectivity index (χ4n) is 2.59. The van der Waals surface area contributed by atoms with E-state index >= 15 is 0 Å². The number of carbonyl (C=O) groups excluding carboxylic acids is 2. The number of allylic oxidation sites excluding steroid dienone is 3. The Balaban J connectivity index is 1.89. The SMILES string of the molecule is CCOC(=O)C=CC=C(C)CCC(OC(=O)C(Cl)Oc1ccc(Cl)cc1)C1(C)CO1. The second-order valence-corrected chi connectivity index (χ2v) is 7.91. The predicted octanol–water partition coefficient (Wildman–Crippen LogP) is 4.83. The molecule has 1 aromatic carbocycles. The minimum Gasteiger partial charge on any atom is -0.463 e. The van der Waals surface area contributed by atoms with E-state index in [2.05, 4.69) is 0 Å². The zero-order valence-corrected chi connectivity index (χ0v) is 18.7. The first-order valence-corrected chi connectivity index (χ1v) is 10.5. The van der Waals surface area contributed by atoms with Gasteiger partial charge in [-0.1, -0.05) is 40.9 Å². The highest BCUT2D eigenvalue weighted by molar-refractivity contribution is 6.30. The molecule has 6 nitrogen and oxygen atoms in total. The van der Waals surface area contributed by atoms with Crippen molar-refractivity contribution in [3.63, 3.8) is 0 Å². The Morgan fingerprint density at radius 1 is 1.30 bits per heavy atom. The molecule has 0 aromatic heterocycles. The van der Waals surface area contributed by atoms with Crippen LogP contribution in [0.15, 0.2) is 48.1 Å². The molecule has 0 spiro atoms. The molecule has 3 unspecified atom stereocenters. The van der Waals surface area contributed by atoms with E-state index in [0.29, 0.717) is 36.8 Å². The Morgan fingerprint density at radius 3 is 2.57 bits per heavy atom. The summed E-state index contributed by atoms with van der Waals surface area (Å²) in [6.07, 6.45) is 5.54. The van der Waals surface area contributed by atoms with Crippen LogP contribution in [0.1, 0.15) is 33.6 Å². The maximum atomic E-state index is 12.4. The monoisotopic (exact) mass is 456 g/mol. The third kappa shape index (κ3) is 8.01. The van der Waals surface area contributed by atoms with Crippen molar-refractivity contribution in [2.45, 2.75) is 50.9 Å². The summed E-state index contributed by atoms with van der Waals surface area (Å²) in [6, 6.07) is 6.51. The van der Waals surface area contributed by atoms with E-state index in [1.807, 2.05) is 19.9 Å². The number of rotatable bonds is 11. The maximum Gasteiger partial charge on any atom is 0.363 e. The van der Waals surface area contributed by atoms with Gasteiger partial charge in [0.25, 0.3) is 5.56 Å². The van der Waals surface area contributed by atoms with Crippen LogP contribution in [0.25, 0.3) is 0 Å². The van der Waals surface area contributed by atoms with E-state index < -0.39 is 23.2 Å². The summed E-state index contributed by atoms with van der Waals surface area (Å²) >= 11 is 11.9. The smallest absolute Gasteiger partial charge is 0.363 e. The zero-order chi connectivity index (χ0) is 22.1. The van der Waals surface area contributed by atoms with Crippen LogP contribution in [0.4, 0.5) is 0 Å². The first-order valence-electron chi connectivity index (χ1n) is 9.65. The van der Waals surface area contributed by atoms with Gasteiger partial charge in [0.15, 0.2) is 0 Å². The molecule has 1 aliphatic rings. The predicted molar refractivity (Wildman–Crippen MR) is 115 cm³/mol. The normalized spacial score (nSPS) is 20.5. The van der Waals surface area contributed by atoms with Gasteiger partial charge in [0.1, 0.15) is 17.5 Å². The summed E-state index contributed by atoms with van der Waals surface area (Å²) in [7, 11) is 0. The Bertz CT molecular complexity index is 783. The van der Waals surface area contributed by atoms with Gasteiger partial charge in [0.2, 0.25) is 0 Å². The number of ether oxygens (including phenoxy) is 4. The molecule has 0 bridgehead atoms. The minimum absolute atomic E-state index is 0.334. The average molecular weight is 457 g/mol. The first-order chi connectivity index (χ1) is 14.2. The van der Waals surface area contributed by atoms with Gasteiger partial charge in [0, 0.05) is 11.1 Å². The Labute approximate surface area is 186 Å². The molecule has 0 amide bonds. The number of benzene rings is 1. The molecule has 1 fully saturated rings. The van der Waals surface area contributed by atoms with E-state index in [1.165, 1.54) is 6.08 Å². The lowest BCUT2D eigenvalue weighted by molar-refractivity contribution is -0.157. The molecule has 1 heterocycles. The quantitative estimate of drug-likeness (QED) is 0.156. The van der Waals surface area contributed by atoms with Crippen molar-refractivity contribution in [2.24, 2.45) is 0 Å². The number of carbonyl (C=O) groups is 2. The van der Waals surface area contributed by atoms with E-state index in [4.69, 9.17) is 42.1 Å². The summed E-state index contributed by atoms with van der Waals surface area (Å²) in [4.78, 5) is 23.7. The second-order valence-electron chi connectivity index (χ2n) is 7.08. The molecule has 1 aromatic rings. The van der Waals surface area contributed by atoms with E-state index in [0.717, 1.165) is 5.57 Å². The van der Waals surface area contributed by atoms with Crippen LogP contribution >= 0.6 is 23.2 Å². The van der Waals surface area contributed by atoms with Crippen molar-refractivity contribution in [3.8, 4) is 5.75 Å². The summed E-state index contributed by atoms with van der Waals surface area (Å²) in [5.41, 5.74) is -0.811. The molecule has 0 radical (unpaired) electrons. The number of hydrogen-bond acceptors (Lipinski definition) is 6. The zero-order valence-electron chi connectivity index (χ0n) is 17.2.